The average molecular weight is 205 g/mol. The van der Waals surface area contributed by atoms with Gasteiger partial charge in [0.15, 0.2) is 11.6 Å². The topological polar surface area (TPSA) is 17.1 Å². The van der Waals surface area contributed by atoms with Gasteiger partial charge in [-0.05, 0) is 19.1 Å². The number of hydrogen-bond donors (Lipinski definition) is 0. The smallest absolute Gasteiger partial charge is 0.163 e. The third kappa shape index (κ3) is 2.25. The third-order valence-electron chi connectivity index (χ3n) is 1.56. The maximum atomic E-state index is 13.0. The van der Waals surface area contributed by atoms with Gasteiger partial charge in [0.2, 0.25) is 0 Å². The number of ketones is 1. The van der Waals surface area contributed by atoms with Crippen LogP contribution in [0.5, 0.6) is 0 Å². The lowest BCUT2D eigenvalue weighted by Crippen LogP contribution is -2.02. The summed E-state index contributed by atoms with van der Waals surface area (Å²) in [5.41, 5.74) is -0.0748. The molecule has 0 unspecified atom stereocenters. The minimum absolute atomic E-state index is 0.0748. The molecule has 0 heterocycles. The van der Waals surface area contributed by atoms with Crippen molar-refractivity contribution in [2.75, 3.05) is 0 Å². The molecule has 1 nitrogen and oxygen atoms in total. The molecule has 13 heavy (non-hydrogen) atoms. The molecule has 0 saturated heterocycles. The summed E-state index contributed by atoms with van der Waals surface area (Å²) in [5.74, 6) is -2.28. The number of rotatable bonds is 2. The van der Waals surface area contributed by atoms with Crippen LogP contribution in [0, 0.1) is 11.6 Å². The number of hydrogen-bond acceptors (Lipinski definition) is 1. The van der Waals surface area contributed by atoms with Crippen LogP contribution < -0.4 is 0 Å². The van der Waals surface area contributed by atoms with Crippen LogP contribution in [-0.2, 0) is 11.2 Å². The zero-order chi connectivity index (χ0) is 10.0. The van der Waals surface area contributed by atoms with Crippen LogP contribution in [0.15, 0.2) is 12.1 Å². The standard InChI is InChI=1S/C9H7ClF2O/c1-5(13)4-6-7(10)2-3-8(11)9(6)12/h2-3H,4H2,1H3. The molecule has 0 spiro atoms. The summed E-state index contributed by atoms with van der Waals surface area (Å²) in [4.78, 5) is 10.7. The van der Waals surface area contributed by atoms with E-state index in [-0.39, 0.29) is 22.8 Å². The molecule has 1 aromatic carbocycles. The molecule has 0 N–H and O–H groups in total. The van der Waals surface area contributed by atoms with Crippen LogP contribution >= 0.6 is 11.6 Å². The SMILES string of the molecule is CC(=O)Cc1c(Cl)ccc(F)c1F. The van der Waals surface area contributed by atoms with Gasteiger partial charge in [0.25, 0.3) is 0 Å². The highest BCUT2D eigenvalue weighted by Crippen LogP contribution is 2.21. The minimum Gasteiger partial charge on any atom is -0.300 e. The zero-order valence-corrected chi connectivity index (χ0v) is 7.66. The fourth-order valence-corrected chi connectivity index (χ4v) is 1.19. The van der Waals surface area contributed by atoms with Crippen molar-refractivity contribution in [3.63, 3.8) is 0 Å². The van der Waals surface area contributed by atoms with Crippen LogP contribution in [0.25, 0.3) is 0 Å². The highest BCUT2D eigenvalue weighted by atomic mass is 35.5. The fraction of sp³-hybridized carbons (Fsp3) is 0.222. The number of halogens is 3. The molecular weight excluding hydrogens is 198 g/mol. The Morgan fingerprint density at radius 1 is 1.46 bits per heavy atom. The maximum Gasteiger partial charge on any atom is 0.163 e. The van der Waals surface area contributed by atoms with Gasteiger partial charge in [0.1, 0.15) is 5.78 Å². The number of carbonyl (C=O) groups excluding carboxylic acids is 1. The summed E-state index contributed by atoms with van der Waals surface area (Å²) in [7, 11) is 0. The van der Waals surface area contributed by atoms with Crippen molar-refractivity contribution in [2.24, 2.45) is 0 Å². The van der Waals surface area contributed by atoms with E-state index in [1.807, 2.05) is 0 Å². The molecule has 0 aliphatic rings. The number of carbonyl (C=O) groups is 1. The first-order valence-corrected chi connectivity index (χ1v) is 4.02. The lowest BCUT2D eigenvalue weighted by atomic mass is 10.1. The highest BCUT2D eigenvalue weighted by Gasteiger charge is 2.13. The van der Waals surface area contributed by atoms with Crippen LogP contribution in [0.2, 0.25) is 5.02 Å². The van der Waals surface area contributed by atoms with Gasteiger partial charge in [0.05, 0.1) is 0 Å². The molecule has 0 amide bonds. The Balaban J connectivity index is 3.17. The van der Waals surface area contributed by atoms with Crippen LogP contribution in [0.4, 0.5) is 8.78 Å². The molecule has 1 aromatic rings. The summed E-state index contributed by atoms with van der Waals surface area (Å²) in [5, 5.41) is 0.0779. The lowest BCUT2D eigenvalue weighted by Gasteiger charge is -2.03. The molecular formula is C9H7ClF2O. The molecule has 0 aliphatic carbocycles. The Morgan fingerprint density at radius 3 is 2.62 bits per heavy atom. The number of benzene rings is 1. The van der Waals surface area contributed by atoms with Crippen LogP contribution in [0.1, 0.15) is 12.5 Å². The largest absolute Gasteiger partial charge is 0.300 e. The van der Waals surface area contributed by atoms with E-state index in [0.29, 0.717) is 0 Å². The van der Waals surface area contributed by atoms with Gasteiger partial charge in [-0.3, -0.25) is 4.79 Å². The van der Waals surface area contributed by atoms with Crippen LogP contribution in [-0.4, -0.2) is 5.78 Å². The van der Waals surface area contributed by atoms with Gasteiger partial charge >= 0.3 is 0 Å². The minimum atomic E-state index is -1.04. The second-order valence-electron chi connectivity index (χ2n) is 2.70. The molecule has 0 aromatic heterocycles. The quantitative estimate of drug-likeness (QED) is 0.677. The molecule has 4 heteroatoms. The molecule has 0 fully saturated rings. The molecule has 0 radical (unpaired) electrons. The molecule has 1 rings (SSSR count). The monoisotopic (exact) mass is 204 g/mol. The Labute approximate surface area is 79.3 Å². The summed E-state index contributed by atoms with van der Waals surface area (Å²) in [6.07, 6.45) is -0.178. The summed E-state index contributed by atoms with van der Waals surface area (Å²) >= 11 is 5.59. The maximum absolute atomic E-state index is 13.0. The van der Waals surface area contributed by atoms with Gasteiger partial charge in [-0.25, -0.2) is 8.78 Å². The predicted octanol–water partition coefficient (Wildman–Crippen LogP) is 2.75. The van der Waals surface area contributed by atoms with Crippen molar-refractivity contribution in [1.82, 2.24) is 0 Å². The van der Waals surface area contributed by atoms with Gasteiger partial charge in [-0.15, -0.1) is 0 Å². The molecule has 0 saturated carbocycles. The summed E-state index contributed by atoms with van der Waals surface area (Å²) < 4.78 is 25.7. The Morgan fingerprint density at radius 2 is 2.08 bits per heavy atom. The van der Waals surface area contributed by atoms with Gasteiger partial charge in [0, 0.05) is 17.0 Å². The van der Waals surface area contributed by atoms with E-state index in [4.69, 9.17) is 11.6 Å². The first-order valence-electron chi connectivity index (χ1n) is 3.64. The Hall–Kier alpha value is -0.960. The fourth-order valence-electron chi connectivity index (χ4n) is 0.980. The van der Waals surface area contributed by atoms with Crippen LogP contribution in [0.3, 0.4) is 0 Å². The predicted molar refractivity (Wildman–Crippen MR) is 45.8 cm³/mol. The van der Waals surface area contributed by atoms with Crippen molar-refractivity contribution in [1.29, 1.82) is 0 Å². The molecule has 0 bridgehead atoms. The van der Waals surface area contributed by atoms with Gasteiger partial charge < -0.3 is 0 Å². The summed E-state index contributed by atoms with van der Waals surface area (Å²) in [6.45, 7) is 1.29. The molecule has 0 aliphatic heterocycles. The number of Topliss-reactive ketones (excluding diaryl/α,β-unsaturated/α-hetero) is 1. The highest BCUT2D eigenvalue weighted by molar-refractivity contribution is 6.31. The van der Waals surface area contributed by atoms with Crippen molar-refractivity contribution in [3.8, 4) is 0 Å². The van der Waals surface area contributed by atoms with E-state index in [1.54, 1.807) is 0 Å². The van der Waals surface area contributed by atoms with E-state index >= 15 is 0 Å². The van der Waals surface area contributed by atoms with E-state index < -0.39 is 11.6 Å². The summed E-state index contributed by atoms with van der Waals surface area (Å²) in [6, 6.07) is 2.17. The molecule has 70 valence electrons. The third-order valence-corrected chi connectivity index (χ3v) is 1.92. The van der Waals surface area contributed by atoms with Crippen molar-refractivity contribution in [3.05, 3.63) is 34.4 Å². The van der Waals surface area contributed by atoms with E-state index in [1.165, 1.54) is 13.0 Å². The molecule has 0 atom stereocenters. The lowest BCUT2D eigenvalue weighted by molar-refractivity contribution is -0.116. The zero-order valence-electron chi connectivity index (χ0n) is 6.90. The Bertz CT molecular complexity index is 350. The second-order valence-corrected chi connectivity index (χ2v) is 3.11. The van der Waals surface area contributed by atoms with Gasteiger partial charge in [-0.1, -0.05) is 11.6 Å². The Kier molecular flexibility index (Phi) is 2.98. The van der Waals surface area contributed by atoms with E-state index in [0.717, 1.165) is 6.07 Å². The average Bonchev–Trinajstić information content (AvgIpc) is 2.05. The van der Waals surface area contributed by atoms with E-state index in [9.17, 15) is 13.6 Å². The normalized spacial score (nSPS) is 10.2. The van der Waals surface area contributed by atoms with Crippen molar-refractivity contribution < 1.29 is 13.6 Å². The first-order chi connectivity index (χ1) is 6.02. The van der Waals surface area contributed by atoms with E-state index in [2.05, 4.69) is 0 Å². The van der Waals surface area contributed by atoms with Crippen molar-refractivity contribution in [2.45, 2.75) is 13.3 Å². The second kappa shape index (κ2) is 3.83. The van der Waals surface area contributed by atoms with Gasteiger partial charge in [-0.2, -0.15) is 0 Å². The first kappa shape index (κ1) is 10.1. The van der Waals surface area contributed by atoms with Crippen molar-refractivity contribution >= 4 is 17.4 Å².